The third kappa shape index (κ3) is 2.05. The van der Waals surface area contributed by atoms with Crippen molar-refractivity contribution < 1.29 is 24.1 Å². The van der Waals surface area contributed by atoms with Gasteiger partial charge in [-0.3, -0.25) is 0 Å². The first-order chi connectivity index (χ1) is 11.4. The van der Waals surface area contributed by atoms with Crippen molar-refractivity contribution in [2.75, 3.05) is 0 Å². The summed E-state index contributed by atoms with van der Waals surface area (Å²) in [5, 5.41) is 27.8. The number of hydrogen-bond acceptors (Lipinski definition) is 7. The van der Waals surface area contributed by atoms with Gasteiger partial charge in [-0.05, 0) is 30.2 Å². The van der Waals surface area contributed by atoms with Gasteiger partial charge in [-0.15, -0.1) is 0 Å². The van der Waals surface area contributed by atoms with Crippen molar-refractivity contribution in [3.8, 4) is 11.5 Å². The second-order valence-electron chi connectivity index (χ2n) is 6.29. The van der Waals surface area contributed by atoms with E-state index in [1.54, 1.807) is 26.0 Å². The summed E-state index contributed by atoms with van der Waals surface area (Å²) in [5.74, 6) is 0.317. The normalized spacial score (nSPS) is 22.1. The van der Waals surface area contributed by atoms with Gasteiger partial charge in [0, 0.05) is 17.7 Å². The van der Waals surface area contributed by atoms with Gasteiger partial charge in [0.05, 0.1) is 11.1 Å². The van der Waals surface area contributed by atoms with E-state index < -0.39 is 17.7 Å². The van der Waals surface area contributed by atoms with E-state index in [2.05, 4.69) is 10.3 Å². The summed E-state index contributed by atoms with van der Waals surface area (Å²) in [6.45, 7) is 3.46. The van der Waals surface area contributed by atoms with Gasteiger partial charge >= 0.3 is 0 Å². The number of aromatic hydroxyl groups is 1. The fourth-order valence-corrected chi connectivity index (χ4v) is 2.99. The second-order valence-corrected chi connectivity index (χ2v) is 6.29. The molecule has 3 heterocycles. The van der Waals surface area contributed by atoms with Crippen LogP contribution in [0.4, 0.5) is 0 Å². The molecule has 1 aromatic carbocycles. The monoisotopic (exact) mass is 331 g/mol. The molecule has 24 heavy (non-hydrogen) atoms. The molecule has 0 spiro atoms. The lowest BCUT2D eigenvalue weighted by Crippen LogP contribution is -2.53. The molecule has 9 nitrogen and oxygen atoms in total. The zero-order chi connectivity index (χ0) is 17.1. The number of nitrogens with zero attached hydrogens (tertiary/aromatic N) is 4. The Bertz CT molecular complexity index is 993. The molecular weight excluding hydrogens is 316 g/mol. The van der Waals surface area contributed by atoms with Crippen LogP contribution in [0.25, 0.3) is 11.0 Å². The largest absolute Gasteiger partial charge is 0.502 e. The van der Waals surface area contributed by atoms with Crippen LogP contribution in [-0.4, -0.2) is 36.9 Å². The minimum atomic E-state index is -1.02. The van der Waals surface area contributed by atoms with Crippen LogP contribution >= 0.6 is 0 Å². The maximum atomic E-state index is 12.2. The smallest absolute Gasteiger partial charge is 0.299 e. The molecule has 0 fully saturated rings. The first-order valence-electron chi connectivity index (χ1n) is 7.34. The minimum Gasteiger partial charge on any atom is -0.502 e. The van der Waals surface area contributed by atoms with E-state index in [0.717, 1.165) is 6.20 Å². The van der Waals surface area contributed by atoms with Crippen molar-refractivity contribution in [2.45, 2.75) is 31.6 Å². The van der Waals surface area contributed by atoms with Gasteiger partial charge in [0.25, 0.3) is 6.20 Å². The predicted octanol–water partition coefficient (Wildman–Crippen LogP) is 0.766. The Morgan fingerprint density at radius 3 is 2.71 bits per heavy atom. The molecule has 0 saturated carbocycles. The number of aliphatic hydroxyl groups is 1. The Morgan fingerprint density at radius 1 is 1.29 bits per heavy atom. The molecule has 9 heteroatoms. The molecule has 2 atom stereocenters. The van der Waals surface area contributed by atoms with Crippen LogP contribution in [-0.2, 0) is 0 Å². The van der Waals surface area contributed by atoms with Gasteiger partial charge in [0.15, 0.2) is 16.3 Å². The molecule has 4 rings (SSSR count). The molecule has 0 amide bonds. The van der Waals surface area contributed by atoms with Gasteiger partial charge in [-0.25, -0.2) is 4.63 Å². The van der Waals surface area contributed by atoms with E-state index in [4.69, 9.17) is 9.37 Å². The highest BCUT2D eigenvalue weighted by atomic mass is 16.6. The molecule has 2 aromatic heterocycles. The Labute approximate surface area is 135 Å². The highest BCUT2D eigenvalue weighted by molar-refractivity contribution is 5.77. The van der Waals surface area contributed by atoms with Crippen LogP contribution in [0.3, 0.4) is 0 Å². The third-order valence-electron chi connectivity index (χ3n) is 4.24. The summed E-state index contributed by atoms with van der Waals surface area (Å²) >= 11 is 0. The lowest BCUT2D eigenvalue weighted by Gasteiger charge is -2.40. The number of benzene rings is 1. The number of fused-ring (bicyclic) bond motifs is 2. The summed E-state index contributed by atoms with van der Waals surface area (Å²) in [6.07, 6.45) is 1.41. The number of hydrogen-bond donors (Lipinski definition) is 2. The summed E-state index contributed by atoms with van der Waals surface area (Å²) in [5.41, 5.74) is 0.641. The van der Waals surface area contributed by atoms with Crippen molar-refractivity contribution >= 4 is 11.0 Å². The second kappa shape index (κ2) is 4.78. The zero-order valence-corrected chi connectivity index (χ0v) is 12.9. The standard InChI is InChI=1S/C15H14N4O5/c1-15(2)14(21)13(18-4-3-8(20)7-19(18)22)9-5-10-11(17-24-16-10)6-12(9)23-15/h3-7,13-14,21H,1-2H3/p+1. The molecule has 2 N–H and O–H groups in total. The van der Waals surface area contributed by atoms with Crippen LogP contribution in [0.2, 0.25) is 0 Å². The first-order valence-corrected chi connectivity index (χ1v) is 7.34. The van der Waals surface area contributed by atoms with Crippen LogP contribution in [0.15, 0.2) is 35.2 Å². The maximum absolute atomic E-state index is 12.2. The number of aromatic nitrogens is 4. The molecule has 0 bridgehead atoms. The molecule has 2 unspecified atom stereocenters. The summed E-state index contributed by atoms with van der Waals surface area (Å²) < 4.78 is 12.4. The predicted molar refractivity (Wildman–Crippen MR) is 80.1 cm³/mol. The van der Waals surface area contributed by atoms with Crippen molar-refractivity contribution in [2.24, 2.45) is 0 Å². The SMILES string of the molecule is CC1(C)Oc2cc3nonc3cc2C(n2ccc(O)c[n+]2=O)C1O. The molecule has 124 valence electrons. The van der Waals surface area contributed by atoms with E-state index in [1.807, 2.05) is 0 Å². The molecule has 1 aliphatic heterocycles. The first kappa shape index (κ1) is 14.6. The fourth-order valence-electron chi connectivity index (χ4n) is 2.99. The molecular formula is C15H15N4O5+. The number of aliphatic hydroxyl groups excluding tert-OH is 1. The van der Waals surface area contributed by atoms with E-state index >= 15 is 0 Å². The van der Waals surface area contributed by atoms with E-state index in [0.29, 0.717) is 26.9 Å². The van der Waals surface area contributed by atoms with Gasteiger partial charge in [0.2, 0.25) is 0 Å². The van der Waals surface area contributed by atoms with Crippen LogP contribution < -0.4 is 9.28 Å². The molecule has 1 aliphatic rings. The van der Waals surface area contributed by atoms with Gasteiger partial charge in [-0.2, -0.15) is 0 Å². The average molecular weight is 331 g/mol. The summed E-state index contributed by atoms with van der Waals surface area (Å²) in [7, 11) is 0. The third-order valence-corrected chi connectivity index (χ3v) is 4.24. The van der Waals surface area contributed by atoms with Gasteiger partial charge < -0.3 is 14.9 Å². The molecule has 3 aromatic rings. The van der Waals surface area contributed by atoms with Crippen LogP contribution in [0, 0.1) is 4.91 Å². The summed E-state index contributed by atoms with van der Waals surface area (Å²) in [4.78, 5) is 12.2. The highest BCUT2D eigenvalue weighted by Gasteiger charge is 2.46. The quantitative estimate of drug-likeness (QED) is 0.632. The van der Waals surface area contributed by atoms with Crippen molar-refractivity contribution in [1.82, 2.24) is 15.0 Å². The van der Waals surface area contributed by atoms with Gasteiger partial charge in [-0.1, -0.05) is 4.68 Å². The Hall–Kier alpha value is -2.94. The summed E-state index contributed by atoms with van der Waals surface area (Å²) in [6, 6.07) is 3.98. The van der Waals surface area contributed by atoms with Crippen molar-refractivity contribution in [3.63, 3.8) is 0 Å². The van der Waals surface area contributed by atoms with E-state index in [1.165, 1.54) is 16.9 Å². The zero-order valence-electron chi connectivity index (χ0n) is 12.9. The minimum absolute atomic E-state index is 0.168. The van der Waals surface area contributed by atoms with E-state index in [-0.39, 0.29) is 5.75 Å². The highest BCUT2D eigenvalue weighted by Crippen LogP contribution is 2.42. The lowest BCUT2D eigenvalue weighted by atomic mass is 9.86. The van der Waals surface area contributed by atoms with Crippen molar-refractivity contribution in [3.05, 3.63) is 41.1 Å². The Kier molecular flexibility index (Phi) is 2.91. The molecule has 0 saturated heterocycles. The number of ether oxygens (including phenoxy) is 1. The van der Waals surface area contributed by atoms with E-state index in [9.17, 15) is 15.1 Å². The molecule has 0 radical (unpaired) electrons. The molecule has 0 aliphatic carbocycles. The Balaban J connectivity index is 1.99. The van der Waals surface area contributed by atoms with Crippen LogP contribution in [0.5, 0.6) is 11.5 Å². The van der Waals surface area contributed by atoms with Gasteiger partial charge in [0.1, 0.15) is 28.5 Å². The lowest BCUT2D eigenvalue weighted by molar-refractivity contribution is -0.604. The topological polar surface area (TPSA) is 117 Å². The Morgan fingerprint density at radius 2 is 2.00 bits per heavy atom. The number of rotatable bonds is 1. The average Bonchev–Trinajstić information content (AvgIpc) is 2.95. The fraction of sp³-hybridized carbons (Fsp3) is 0.333. The van der Waals surface area contributed by atoms with Crippen molar-refractivity contribution in [1.29, 1.82) is 0 Å². The van der Waals surface area contributed by atoms with Crippen LogP contribution in [0.1, 0.15) is 25.5 Å². The maximum Gasteiger partial charge on any atom is 0.299 e.